The summed E-state index contributed by atoms with van der Waals surface area (Å²) < 4.78 is 15.2. The lowest BCUT2D eigenvalue weighted by Crippen LogP contribution is -2.23. The summed E-state index contributed by atoms with van der Waals surface area (Å²) in [6.07, 6.45) is 0. The van der Waals surface area contributed by atoms with Crippen LogP contribution in [-0.2, 0) is 4.79 Å². The third-order valence-electron chi connectivity index (χ3n) is 4.93. The third kappa shape index (κ3) is 4.51. The molecule has 31 heavy (non-hydrogen) atoms. The zero-order chi connectivity index (χ0) is 22.0. The summed E-state index contributed by atoms with van der Waals surface area (Å²) in [5, 5.41) is 3.62. The Morgan fingerprint density at radius 1 is 1.03 bits per heavy atom. The van der Waals surface area contributed by atoms with Crippen molar-refractivity contribution in [3.8, 4) is 5.69 Å². The second-order valence-electron chi connectivity index (χ2n) is 7.17. The second-order valence-corrected chi connectivity index (χ2v) is 8.11. The minimum Gasteiger partial charge on any atom is -0.325 e. The van der Waals surface area contributed by atoms with Crippen LogP contribution in [0.15, 0.2) is 76.7 Å². The third-order valence-corrected chi connectivity index (χ3v) is 5.87. The lowest BCUT2D eigenvalue weighted by molar-refractivity contribution is -0.113. The number of halogens is 1. The topological polar surface area (TPSA) is 64.0 Å². The van der Waals surface area contributed by atoms with E-state index in [2.05, 4.69) is 10.3 Å². The fourth-order valence-corrected chi connectivity index (χ4v) is 4.01. The minimum absolute atomic E-state index is 0.0486. The van der Waals surface area contributed by atoms with Crippen molar-refractivity contribution in [1.82, 2.24) is 9.55 Å². The summed E-state index contributed by atoms with van der Waals surface area (Å²) in [5.74, 6) is -0.630. The Hall–Kier alpha value is -3.45. The quantitative estimate of drug-likeness (QED) is 0.360. The number of para-hydroxylation sites is 1. The molecule has 156 valence electrons. The molecule has 0 aliphatic heterocycles. The molecule has 0 aliphatic rings. The molecule has 4 rings (SSSR count). The summed E-state index contributed by atoms with van der Waals surface area (Å²) in [4.78, 5) is 30.2. The highest BCUT2D eigenvalue weighted by Gasteiger charge is 2.15. The van der Waals surface area contributed by atoms with Crippen LogP contribution in [0, 0.1) is 19.7 Å². The molecule has 5 nitrogen and oxygen atoms in total. The molecule has 0 saturated carbocycles. The average molecular weight is 434 g/mol. The van der Waals surface area contributed by atoms with Crippen molar-refractivity contribution in [2.24, 2.45) is 0 Å². The number of hydrogen-bond acceptors (Lipinski definition) is 4. The molecular formula is C24H20FN3O2S. The number of fused-ring (bicyclic) bond motifs is 1. The molecule has 0 radical (unpaired) electrons. The van der Waals surface area contributed by atoms with Gasteiger partial charge >= 0.3 is 0 Å². The van der Waals surface area contributed by atoms with E-state index in [0.717, 1.165) is 22.9 Å². The maximum atomic E-state index is 13.8. The van der Waals surface area contributed by atoms with Crippen LogP contribution in [-0.4, -0.2) is 21.2 Å². The van der Waals surface area contributed by atoms with Crippen molar-refractivity contribution in [2.45, 2.75) is 19.0 Å². The Labute approximate surface area is 182 Å². The van der Waals surface area contributed by atoms with Gasteiger partial charge in [0.05, 0.1) is 22.3 Å². The van der Waals surface area contributed by atoms with Gasteiger partial charge in [-0.05, 0) is 67.4 Å². The van der Waals surface area contributed by atoms with Gasteiger partial charge in [-0.2, -0.15) is 0 Å². The Morgan fingerprint density at radius 3 is 2.61 bits per heavy atom. The van der Waals surface area contributed by atoms with Gasteiger partial charge in [0.2, 0.25) is 5.91 Å². The van der Waals surface area contributed by atoms with Crippen molar-refractivity contribution in [1.29, 1.82) is 0 Å². The second kappa shape index (κ2) is 8.73. The molecule has 0 unspecified atom stereocenters. The highest BCUT2D eigenvalue weighted by atomic mass is 32.2. The van der Waals surface area contributed by atoms with Crippen molar-refractivity contribution in [3.63, 3.8) is 0 Å². The molecule has 0 aliphatic carbocycles. The van der Waals surface area contributed by atoms with Gasteiger partial charge in [-0.3, -0.25) is 14.2 Å². The standard InChI is InChI=1S/C24H20FN3O2S/c1-15-10-11-18(12-16(15)2)26-22(29)14-31-24-27-21-9-4-3-8-20(21)23(30)28(24)19-7-5-6-17(25)13-19/h3-13H,14H2,1-2H3,(H,26,29). The summed E-state index contributed by atoms with van der Waals surface area (Å²) in [6, 6.07) is 18.4. The Kier molecular flexibility index (Phi) is 5.86. The molecule has 0 spiro atoms. The number of amides is 1. The number of aryl methyl sites for hydroxylation is 2. The molecule has 0 fully saturated rings. The predicted octanol–water partition coefficient (Wildman–Crippen LogP) is 4.87. The summed E-state index contributed by atoms with van der Waals surface area (Å²) in [6.45, 7) is 3.99. The van der Waals surface area contributed by atoms with Crippen LogP contribution in [0.1, 0.15) is 11.1 Å². The molecule has 1 heterocycles. The molecule has 1 amide bonds. The van der Waals surface area contributed by atoms with Gasteiger partial charge in [-0.25, -0.2) is 9.37 Å². The van der Waals surface area contributed by atoms with Crippen LogP contribution in [0.4, 0.5) is 10.1 Å². The van der Waals surface area contributed by atoms with Gasteiger partial charge in [-0.15, -0.1) is 0 Å². The number of carbonyl (C=O) groups excluding carboxylic acids is 1. The normalized spacial score (nSPS) is 10.9. The number of hydrogen-bond donors (Lipinski definition) is 1. The molecule has 0 bridgehead atoms. The number of benzene rings is 3. The fraction of sp³-hybridized carbons (Fsp3) is 0.125. The van der Waals surface area contributed by atoms with Crippen LogP contribution in [0.2, 0.25) is 0 Å². The first kappa shape index (κ1) is 20.8. The first-order chi connectivity index (χ1) is 14.9. The fourth-order valence-electron chi connectivity index (χ4n) is 3.20. The maximum absolute atomic E-state index is 13.8. The predicted molar refractivity (Wildman–Crippen MR) is 123 cm³/mol. The van der Waals surface area contributed by atoms with E-state index in [9.17, 15) is 14.0 Å². The van der Waals surface area contributed by atoms with Gasteiger partial charge in [0.15, 0.2) is 5.16 Å². The summed E-state index contributed by atoms with van der Waals surface area (Å²) in [5.41, 5.74) is 3.52. The molecule has 0 atom stereocenters. The number of nitrogens with zero attached hydrogens (tertiary/aromatic N) is 2. The van der Waals surface area contributed by atoms with Crippen LogP contribution >= 0.6 is 11.8 Å². The molecule has 1 N–H and O–H groups in total. The highest BCUT2D eigenvalue weighted by Crippen LogP contribution is 2.22. The van der Waals surface area contributed by atoms with E-state index in [1.165, 1.54) is 22.8 Å². The maximum Gasteiger partial charge on any atom is 0.266 e. The highest BCUT2D eigenvalue weighted by molar-refractivity contribution is 7.99. The monoisotopic (exact) mass is 433 g/mol. The molecule has 7 heteroatoms. The van der Waals surface area contributed by atoms with E-state index in [1.54, 1.807) is 30.3 Å². The summed E-state index contributed by atoms with van der Waals surface area (Å²) in [7, 11) is 0. The largest absolute Gasteiger partial charge is 0.325 e. The number of rotatable bonds is 5. The van der Waals surface area contributed by atoms with E-state index in [0.29, 0.717) is 27.4 Å². The van der Waals surface area contributed by atoms with Crippen LogP contribution < -0.4 is 10.9 Å². The van der Waals surface area contributed by atoms with E-state index in [-0.39, 0.29) is 17.2 Å². The lowest BCUT2D eigenvalue weighted by atomic mass is 10.1. The average Bonchev–Trinajstić information content (AvgIpc) is 2.75. The number of carbonyl (C=O) groups is 1. The van der Waals surface area contributed by atoms with Crippen molar-refractivity contribution in [2.75, 3.05) is 11.1 Å². The van der Waals surface area contributed by atoms with Crippen LogP contribution in [0.3, 0.4) is 0 Å². The number of nitrogens with one attached hydrogen (secondary N) is 1. The van der Waals surface area contributed by atoms with E-state index >= 15 is 0 Å². The first-order valence-corrected chi connectivity index (χ1v) is 10.7. The Bertz CT molecular complexity index is 1350. The van der Waals surface area contributed by atoms with Crippen LogP contribution in [0.25, 0.3) is 16.6 Å². The number of thioether (sulfide) groups is 1. The van der Waals surface area contributed by atoms with E-state index in [4.69, 9.17) is 0 Å². The van der Waals surface area contributed by atoms with Gasteiger partial charge in [0.25, 0.3) is 5.56 Å². The van der Waals surface area contributed by atoms with Gasteiger partial charge in [0, 0.05) is 5.69 Å². The molecule has 1 aromatic heterocycles. The van der Waals surface area contributed by atoms with Gasteiger partial charge < -0.3 is 5.32 Å². The Balaban J connectivity index is 1.66. The lowest BCUT2D eigenvalue weighted by Gasteiger charge is -2.13. The zero-order valence-electron chi connectivity index (χ0n) is 17.1. The van der Waals surface area contributed by atoms with E-state index < -0.39 is 5.82 Å². The number of anilines is 1. The van der Waals surface area contributed by atoms with Crippen molar-refractivity contribution in [3.05, 3.63) is 94.0 Å². The molecular weight excluding hydrogens is 413 g/mol. The summed E-state index contributed by atoms with van der Waals surface area (Å²) >= 11 is 1.13. The van der Waals surface area contributed by atoms with Crippen LogP contribution in [0.5, 0.6) is 0 Å². The first-order valence-electron chi connectivity index (χ1n) is 9.70. The number of aromatic nitrogens is 2. The zero-order valence-corrected chi connectivity index (χ0v) is 17.9. The van der Waals surface area contributed by atoms with Gasteiger partial charge in [-0.1, -0.05) is 36.0 Å². The molecule has 3 aromatic carbocycles. The van der Waals surface area contributed by atoms with Gasteiger partial charge in [0.1, 0.15) is 5.82 Å². The molecule has 0 saturated heterocycles. The molecule has 4 aromatic rings. The van der Waals surface area contributed by atoms with Crippen molar-refractivity contribution < 1.29 is 9.18 Å². The minimum atomic E-state index is -0.457. The Morgan fingerprint density at radius 2 is 1.84 bits per heavy atom. The smallest absolute Gasteiger partial charge is 0.266 e. The SMILES string of the molecule is Cc1ccc(NC(=O)CSc2nc3ccccc3c(=O)n2-c2cccc(F)c2)cc1C. The van der Waals surface area contributed by atoms with Crippen molar-refractivity contribution >= 4 is 34.3 Å². The van der Waals surface area contributed by atoms with E-state index in [1.807, 2.05) is 32.0 Å².